The molecule has 1 fully saturated rings. The maximum Gasteiger partial charge on any atom is 0.264 e. The van der Waals surface area contributed by atoms with Crippen molar-refractivity contribution in [1.82, 2.24) is 10.2 Å². The van der Waals surface area contributed by atoms with Crippen molar-refractivity contribution in [2.24, 2.45) is 0 Å². The zero-order chi connectivity index (χ0) is 27.8. The van der Waals surface area contributed by atoms with E-state index < -0.39 is 28.5 Å². The molecule has 1 aliphatic carbocycles. The fourth-order valence-corrected chi connectivity index (χ4v) is 6.46. The second kappa shape index (κ2) is 12.9. The number of rotatable bonds is 11. The van der Waals surface area contributed by atoms with Gasteiger partial charge in [0.25, 0.3) is 10.0 Å². The third-order valence-corrected chi connectivity index (χ3v) is 9.00. The highest BCUT2D eigenvalue weighted by Gasteiger charge is 2.34. The van der Waals surface area contributed by atoms with E-state index in [4.69, 9.17) is 0 Å². The summed E-state index contributed by atoms with van der Waals surface area (Å²) < 4.78 is 28.8. The molecule has 3 aromatic rings. The highest BCUT2D eigenvalue weighted by atomic mass is 32.2. The third-order valence-electron chi connectivity index (χ3n) is 7.22. The van der Waals surface area contributed by atoms with Crippen LogP contribution in [-0.4, -0.2) is 43.8 Å². The van der Waals surface area contributed by atoms with Crippen LogP contribution in [0.25, 0.3) is 0 Å². The van der Waals surface area contributed by atoms with E-state index in [2.05, 4.69) is 5.32 Å². The largest absolute Gasteiger partial charge is 0.352 e. The SMILES string of the molecule is CC[C@H](C(=O)NC1CCCC1)N(Cc1ccccc1)C(=O)CN(c1ccc(C)cc1)S(=O)(=O)c1ccccc1. The monoisotopic (exact) mass is 547 g/mol. The molecule has 8 heteroatoms. The molecule has 3 aromatic carbocycles. The van der Waals surface area contributed by atoms with Crippen molar-refractivity contribution >= 4 is 27.5 Å². The summed E-state index contributed by atoms with van der Waals surface area (Å²) in [5, 5.41) is 3.13. The van der Waals surface area contributed by atoms with Gasteiger partial charge in [-0.25, -0.2) is 8.42 Å². The molecule has 1 atom stereocenters. The van der Waals surface area contributed by atoms with Crippen molar-refractivity contribution in [2.75, 3.05) is 10.8 Å². The molecular weight excluding hydrogens is 510 g/mol. The van der Waals surface area contributed by atoms with Gasteiger partial charge in [-0.05, 0) is 56.0 Å². The molecule has 0 unspecified atom stereocenters. The molecule has 0 bridgehead atoms. The molecule has 0 aliphatic heterocycles. The Bertz CT molecular complexity index is 1340. The first-order valence-electron chi connectivity index (χ1n) is 13.6. The lowest BCUT2D eigenvalue weighted by molar-refractivity contribution is -0.140. The number of amides is 2. The van der Waals surface area contributed by atoms with Crippen molar-refractivity contribution in [3.63, 3.8) is 0 Å². The van der Waals surface area contributed by atoms with Gasteiger partial charge in [-0.2, -0.15) is 0 Å². The maximum atomic E-state index is 14.1. The molecule has 1 aliphatic rings. The van der Waals surface area contributed by atoms with Crippen LogP contribution in [0.2, 0.25) is 0 Å². The smallest absolute Gasteiger partial charge is 0.264 e. The van der Waals surface area contributed by atoms with Crippen molar-refractivity contribution in [3.8, 4) is 0 Å². The molecule has 7 nitrogen and oxygen atoms in total. The second-order valence-electron chi connectivity index (χ2n) is 10.1. The van der Waals surface area contributed by atoms with Gasteiger partial charge in [0, 0.05) is 12.6 Å². The topological polar surface area (TPSA) is 86.8 Å². The normalized spacial score (nSPS) is 14.5. The zero-order valence-corrected chi connectivity index (χ0v) is 23.4. The lowest BCUT2D eigenvalue weighted by Crippen LogP contribution is -2.53. The molecule has 39 heavy (non-hydrogen) atoms. The van der Waals surface area contributed by atoms with Crippen LogP contribution in [0.15, 0.2) is 89.8 Å². The van der Waals surface area contributed by atoms with Crippen LogP contribution in [0, 0.1) is 6.92 Å². The lowest BCUT2D eigenvalue weighted by Gasteiger charge is -2.33. The molecule has 0 aromatic heterocycles. The number of anilines is 1. The second-order valence-corrected chi connectivity index (χ2v) is 11.9. The Hall–Kier alpha value is -3.65. The van der Waals surface area contributed by atoms with E-state index in [1.54, 1.807) is 30.3 Å². The standard InChI is InChI=1S/C31H37N3O4S/c1-3-29(31(36)32-26-14-10-11-15-26)33(22-25-12-6-4-7-13-25)30(35)23-34(27-20-18-24(2)19-21-27)39(37,38)28-16-8-5-9-17-28/h4-9,12-13,16-21,26,29H,3,10-11,14-15,22-23H2,1-2H3,(H,32,36)/t29-/m1/s1. The summed E-state index contributed by atoms with van der Waals surface area (Å²) in [5.74, 6) is -0.631. The van der Waals surface area contributed by atoms with Gasteiger partial charge in [-0.3, -0.25) is 13.9 Å². The molecule has 1 N–H and O–H groups in total. The summed E-state index contributed by atoms with van der Waals surface area (Å²) in [6.45, 7) is 3.56. The molecule has 0 spiro atoms. The molecular formula is C31H37N3O4S. The Morgan fingerprint density at radius 1 is 0.897 bits per heavy atom. The minimum atomic E-state index is -4.05. The predicted octanol–water partition coefficient (Wildman–Crippen LogP) is 5.06. The number of aryl methyl sites for hydroxylation is 1. The van der Waals surface area contributed by atoms with Crippen LogP contribution >= 0.6 is 0 Å². The van der Waals surface area contributed by atoms with Crippen LogP contribution < -0.4 is 9.62 Å². The van der Waals surface area contributed by atoms with E-state index in [0.29, 0.717) is 12.1 Å². The van der Waals surface area contributed by atoms with Crippen LogP contribution in [-0.2, 0) is 26.2 Å². The average Bonchev–Trinajstić information content (AvgIpc) is 3.46. The minimum absolute atomic E-state index is 0.0963. The Labute approximate surface area is 231 Å². The van der Waals surface area contributed by atoms with E-state index in [-0.39, 0.29) is 23.4 Å². The third kappa shape index (κ3) is 7.06. The Kier molecular flexibility index (Phi) is 9.41. The van der Waals surface area contributed by atoms with E-state index in [1.807, 2.05) is 56.3 Å². The number of sulfonamides is 1. The van der Waals surface area contributed by atoms with Gasteiger partial charge >= 0.3 is 0 Å². The molecule has 0 heterocycles. The number of nitrogens with zero attached hydrogens (tertiary/aromatic N) is 2. The first-order chi connectivity index (χ1) is 18.8. The van der Waals surface area contributed by atoms with E-state index >= 15 is 0 Å². The zero-order valence-electron chi connectivity index (χ0n) is 22.6. The van der Waals surface area contributed by atoms with Crippen molar-refractivity contribution in [3.05, 3.63) is 96.1 Å². The summed E-state index contributed by atoms with van der Waals surface area (Å²) in [7, 11) is -4.05. The van der Waals surface area contributed by atoms with E-state index in [1.165, 1.54) is 17.0 Å². The number of carbonyl (C=O) groups is 2. The molecule has 206 valence electrons. The summed E-state index contributed by atoms with van der Waals surface area (Å²) in [5.41, 5.74) is 2.23. The fourth-order valence-electron chi connectivity index (χ4n) is 5.03. The van der Waals surface area contributed by atoms with E-state index in [9.17, 15) is 18.0 Å². The average molecular weight is 548 g/mol. The number of carbonyl (C=O) groups excluding carboxylic acids is 2. The first kappa shape index (κ1) is 28.4. The Balaban J connectivity index is 1.68. The number of hydrogen-bond donors (Lipinski definition) is 1. The summed E-state index contributed by atoms with van der Waals surface area (Å²) in [4.78, 5) is 29.1. The Morgan fingerprint density at radius 3 is 2.08 bits per heavy atom. The number of nitrogens with one attached hydrogen (secondary N) is 1. The number of benzene rings is 3. The summed E-state index contributed by atoms with van der Waals surface area (Å²) in [6, 6.07) is 24.0. The van der Waals surface area contributed by atoms with Crippen molar-refractivity contribution in [1.29, 1.82) is 0 Å². The fraction of sp³-hybridized carbons (Fsp3) is 0.355. The van der Waals surface area contributed by atoms with Crippen LogP contribution in [0.4, 0.5) is 5.69 Å². The van der Waals surface area contributed by atoms with Gasteiger partial charge in [0.15, 0.2) is 0 Å². The van der Waals surface area contributed by atoms with Crippen LogP contribution in [0.1, 0.15) is 50.2 Å². The highest BCUT2D eigenvalue weighted by molar-refractivity contribution is 7.92. The van der Waals surface area contributed by atoms with Gasteiger partial charge in [0.1, 0.15) is 12.6 Å². The minimum Gasteiger partial charge on any atom is -0.352 e. The first-order valence-corrected chi connectivity index (χ1v) is 15.0. The quantitative estimate of drug-likeness (QED) is 0.364. The van der Waals surface area contributed by atoms with Gasteiger partial charge in [-0.1, -0.05) is 86.0 Å². The molecule has 0 radical (unpaired) electrons. The van der Waals surface area contributed by atoms with Gasteiger partial charge in [-0.15, -0.1) is 0 Å². The predicted molar refractivity (Wildman–Crippen MR) is 154 cm³/mol. The van der Waals surface area contributed by atoms with Crippen LogP contribution in [0.5, 0.6) is 0 Å². The molecule has 0 saturated heterocycles. The van der Waals surface area contributed by atoms with Gasteiger partial charge in [0.05, 0.1) is 10.6 Å². The van der Waals surface area contributed by atoms with Gasteiger partial charge < -0.3 is 10.2 Å². The van der Waals surface area contributed by atoms with E-state index in [0.717, 1.165) is 41.1 Å². The maximum absolute atomic E-state index is 14.1. The van der Waals surface area contributed by atoms with Crippen molar-refractivity contribution < 1.29 is 18.0 Å². The Morgan fingerprint density at radius 2 is 1.49 bits per heavy atom. The van der Waals surface area contributed by atoms with Gasteiger partial charge in [0.2, 0.25) is 11.8 Å². The van der Waals surface area contributed by atoms with Crippen molar-refractivity contribution in [2.45, 2.75) is 69.5 Å². The van der Waals surface area contributed by atoms with Crippen LogP contribution in [0.3, 0.4) is 0 Å². The molecule has 2 amide bonds. The lowest BCUT2D eigenvalue weighted by atomic mass is 10.1. The number of hydrogen-bond acceptors (Lipinski definition) is 4. The summed E-state index contributed by atoms with van der Waals surface area (Å²) >= 11 is 0. The highest BCUT2D eigenvalue weighted by Crippen LogP contribution is 2.25. The molecule has 4 rings (SSSR count). The summed E-state index contributed by atoms with van der Waals surface area (Å²) in [6.07, 6.45) is 4.44. The molecule has 1 saturated carbocycles.